The van der Waals surface area contributed by atoms with Crippen LogP contribution in [0, 0.1) is 0 Å². The highest BCUT2D eigenvalue weighted by atomic mass is 16.5. The second kappa shape index (κ2) is 7.24. The van der Waals surface area contributed by atoms with Gasteiger partial charge in [0, 0.05) is 12.7 Å². The minimum Gasteiger partial charge on any atom is -0.462 e. The minimum absolute atomic E-state index is 0.335. The van der Waals surface area contributed by atoms with Gasteiger partial charge in [-0.3, -0.25) is 4.99 Å². The van der Waals surface area contributed by atoms with Gasteiger partial charge in [0.25, 0.3) is 0 Å². The smallest absolute Gasteiger partial charge is 0.340 e. The number of benzene rings is 2. The summed E-state index contributed by atoms with van der Waals surface area (Å²) in [5.74, 6) is -0.335. The molecular formula is C17H18N2O2. The zero-order chi connectivity index (χ0) is 15.1. The molecule has 2 aromatic rings. The van der Waals surface area contributed by atoms with Crippen molar-refractivity contribution < 1.29 is 9.53 Å². The highest BCUT2D eigenvalue weighted by molar-refractivity contribution is 6.01. The molecule has 2 aromatic carbocycles. The van der Waals surface area contributed by atoms with E-state index in [9.17, 15) is 4.79 Å². The molecule has 0 saturated heterocycles. The van der Waals surface area contributed by atoms with Crippen molar-refractivity contribution in [1.29, 1.82) is 0 Å². The molecule has 0 bridgehead atoms. The first-order valence-electron chi connectivity index (χ1n) is 6.80. The van der Waals surface area contributed by atoms with Crippen LogP contribution in [0.4, 0.5) is 11.4 Å². The number of esters is 1. The van der Waals surface area contributed by atoms with Crippen LogP contribution in [-0.2, 0) is 4.74 Å². The van der Waals surface area contributed by atoms with Crippen LogP contribution in [0.5, 0.6) is 0 Å². The highest BCUT2D eigenvalue weighted by Crippen LogP contribution is 2.27. The fourth-order valence-corrected chi connectivity index (χ4v) is 2.04. The third-order valence-electron chi connectivity index (χ3n) is 2.92. The lowest BCUT2D eigenvalue weighted by atomic mass is 10.1. The van der Waals surface area contributed by atoms with E-state index in [0.717, 1.165) is 11.4 Å². The van der Waals surface area contributed by atoms with Crippen molar-refractivity contribution >= 4 is 23.7 Å². The average molecular weight is 282 g/mol. The Morgan fingerprint density at radius 2 is 1.81 bits per heavy atom. The summed E-state index contributed by atoms with van der Waals surface area (Å²) in [6.45, 7) is 2.14. The number of carbonyl (C=O) groups is 1. The van der Waals surface area contributed by atoms with Gasteiger partial charge in [-0.05, 0) is 31.2 Å². The average Bonchev–Trinajstić information content (AvgIpc) is 2.54. The maximum Gasteiger partial charge on any atom is 0.340 e. The quantitative estimate of drug-likeness (QED) is 0.477. The third-order valence-corrected chi connectivity index (χ3v) is 2.92. The molecule has 0 N–H and O–H groups in total. The first-order valence-corrected chi connectivity index (χ1v) is 6.80. The molecule has 4 nitrogen and oxygen atoms in total. The monoisotopic (exact) mass is 282 g/mol. The molecule has 0 aliphatic heterocycles. The first kappa shape index (κ1) is 14.8. The molecule has 4 heteroatoms. The molecule has 0 saturated carbocycles. The van der Waals surface area contributed by atoms with Gasteiger partial charge in [0.05, 0.1) is 24.2 Å². The van der Waals surface area contributed by atoms with Crippen molar-refractivity contribution in [3.05, 3.63) is 60.2 Å². The Hall–Kier alpha value is -2.62. The van der Waals surface area contributed by atoms with Gasteiger partial charge in [-0.2, -0.15) is 0 Å². The van der Waals surface area contributed by atoms with E-state index in [2.05, 4.69) is 4.99 Å². The standard InChI is InChI=1S/C17H18N2O2/c1-3-21-17(20)15-11-7-8-12-16(15)19(13-18-2)14-9-5-4-6-10-14/h4-13H,3H2,1-2H3. The Kier molecular flexibility index (Phi) is 5.10. The van der Waals surface area contributed by atoms with Crippen molar-refractivity contribution in [3.8, 4) is 0 Å². The predicted octanol–water partition coefficient (Wildman–Crippen LogP) is 3.66. The fraction of sp³-hybridized carbons (Fsp3) is 0.176. The van der Waals surface area contributed by atoms with Crippen LogP contribution in [0.3, 0.4) is 0 Å². The van der Waals surface area contributed by atoms with Gasteiger partial charge in [0.1, 0.15) is 0 Å². The summed E-state index contributed by atoms with van der Waals surface area (Å²) in [5, 5.41) is 0. The van der Waals surface area contributed by atoms with Gasteiger partial charge in [-0.25, -0.2) is 4.79 Å². The molecule has 0 spiro atoms. The predicted molar refractivity (Wildman–Crippen MR) is 85.4 cm³/mol. The Labute approximate surface area is 124 Å². The molecule has 0 radical (unpaired) electrons. The number of hydrogen-bond acceptors (Lipinski definition) is 3. The zero-order valence-corrected chi connectivity index (χ0v) is 12.2. The molecule has 108 valence electrons. The number of hydrogen-bond donors (Lipinski definition) is 0. The second-order valence-corrected chi connectivity index (χ2v) is 4.32. The number of para-hydroxylation sites is 2. The van der Waals surface area contributed by atoms with Crippen LogP contribution in [0.2, 0.25) is 0 Å². The number of rotatable bonds is 5. The topological polar surface area (TPSA) is 41.9 Å². The van der Waals surface area contributed by atoms with E-state index in [-0.39, 0.29) is 5.97 Å². The molecule has 2 rings (SSSR count). The van der Waals surface area contributed by atoms with E-state index in [4.69, 9.17) is 4.74 Å². The minimum atomic E-state index is -0.335. The van der Waals surface area contributed by atoms with Crippen molar-refractivity contribution in [2.45, 2.75) is 6.92 Å². The lowest BCUT2D eigenvalue weighted by Gasteiger charge is -2.22. The van der Waals surface area contributed by atoms with Crippen molar-refractivity contribution in [1.82, 2.24) is 0 Å². The summed E-state index contributed by atoms with van der Waals surface area (Å²) in [7, 11) is 1.70. The third kappa shape index (κ3) is 3.48. The summed E-state index contributed by atoms with van der Waals surface area (Å²) in [6.07, 6.45) is 1.69. The molecule has 0 amide bonds. The molecule has 21 heavy (non-hydrogen) atoms. The largest absolute Gasteiger partial charge is 0.462 e. The van der Waals surface area contributed by atoms with Crippen LogP contribution < -0.4 is 4.90 Å². The van der Waals surface area contributed by atoms with E-state index < -0.39 is 0 Å². The Morgan fingerprint density at radius 1 is 1.14 bits per heavy atom. The Balaban J connectivity index is 2.49. The lowest BCUT2D eigenvalue weighted by Crippen LogP contribution is -2.18. The van der Waals surface area contributed by atoms with Crippen molar-refractivity contribution in [2.24, 2.45) is 4.99 Å². The molecule has 0 aromatic heterocycles. The SMILES string of the molecule is CCOC(=O)c1ccccc1N(C=NC)c1ccccc1. The van der Waals surface area contributed by atoms with Crippen LogP contribution in [0.25, 0.3) is 0 Å². The van der Waals surface area contributed by atoms with Crippen LogP contribution in [0.1, 0.15) is 17.3 Å². The van der Waals surface area contributed by atoms with Crippen LogP contribution in [0.15, 0.2) is 59.6 Å². The molecular weight excluding hydrogens is 264 g/mol. The summed E-state index contributed by atoms with van der Waals surface area (Å²) >= 11 is 0. The van der Waals surface area contributed by atoms with E-state index in [1.54, 1.807) is 26.4 Å². The maximum atomic E-state index is 12.1. The molecule has 0 aliphatic carbocycles. The van der Waals surface area contributed by atoms with Gasteiger partial charge in [-0.1, -0.05) is 30.3 Å². The Bertz CT molecular complexity index is 624. The summed E-state index contributed by atoms with van der Waals surface area (Å²) in [6, 6.07) is 17.1. The number of nitrogens with zero attached hydrogens (tertiary/aromatic N) is 2. The van der Waals surface area contributed by atoms with Crippen molar-refractivity contribution in [3.63, 3.8) is 0 Å². The molecule has 0 aliphatic rings. The van der Waals surface area contributed by atoms with Gasteiger partial charge in [0.2, 0.25) is 0 Å². The fourth-order valence-electron chi connectivity index (χ4n) is 2.04. The number of carbonyl (C=O) groups excluding carboxylic acids is 1. The highest BCUT2D eigenvalue weighted by Gasteiger charge is 2.17. The summed E-state index contributed by atoms with van der Waals surface area (Å²) in [4.78, 5) is 18.1. The lowest BCUT2D eigenvalue weighted by molar-refractivity contribution is 0.0527. The number of aliphatic imine (C=N–C) groups is 1. The van der Waals surface area contributed by atoms with Crippen LogP contribution >= 0.6 is 0 Å². The summed E-state index contributed by atoms with van der Waals surface area (Å²) in [5.41, 5.74) is 2.19. The van der Waals surface area contributed by atoms with Crippen molar-refractivity contribution in [2.75, 3.05) is 18.6 Å². The zero-order valence-electron chi connectivity index (χ0n) is 12.2. The molecule has 0 unspecified atom stereocenters. The van der Waals surface area contributed by atoms with E-state index in [0.29, 0.717) is 12.2 Å². The Morgan fingerprint density at radius 3 is 2.48 bits per heavy atom. The van der Waals surface area contributed by atoms with Gasteiger partial charge in [0.15, 0.2) is 0 Å². The van der Waals surface area contributed by atoms with Crippen LogP contribution in [-0.4, -0.2) is 26.0 Å². The molecule has 0 heterocycles. The van der Waals surface area contributed by atoms with E-state index in [1.165, 1.54) is 0 Å². The van der Waals surface area contributed by atoms with Gasteiger partial charge >= 0.3 is 5.97 Å². The first-order chi connectivity index (χ1) is 10.3. The molecule has 0 atom stereocenters. The second-order valence-electron chi connectivity index (χ2n) is 4.32. The summed E-state index contributed by atoms with van der Waals surface area (Å²) < 4.78 is 5.12. The van der Waals surface area contributed by atoms with Gasteiger partial charge in [-0.15, -0.1) is 0 Å². The number of anilines is 2. The van der Waals surface area contributed by atoms with Gasteiger partial charge < -0.3 is 9.64 Å². The normalized spacial score (nSPS) is 10.6. The van der Waals surface area contributed by atoms with E-state index >= 15 is 0 Å². The van der Waals surface area contributed by atoms with E-state index in [1.807, 2.05) is 53.4 Å². The number of ether oxygens (including phenoxy) is 1. The molecule has 0 fully saturated rings. The maximum absolute atomic E-state index is 12.1.